The lowest BCUT2D eigenvalue weighted by Gasteiger charge is -2.27. The zero-order valence-electron chi connectivity index (χ0n) is 12.6. The van der Waals surface area contributed by atoms with Gasteiger partial charge in [-0.2, -0.15) is 0 Å². The van der Waals surface area contributed by atoms with Gasteiger partial charge >= 0.3 is 0 Å². The van der Waals surface area contributed by atoms with E-state index in [1.165, 1.54) is 6.07 Å². The number of nitrogen functional groups attached to an aromatic ring is 1. The SMILES string of the molecule is CCCOc1cc(NCC2(OC)CCOC2)c(N)cc1F. The molecule has 2 rings (SSSR count). The summed E-state index contributed by atoms with van der Waals surface area (Å²) in [6, 6.07) is 2.87. The number of hydrogen-bond acceptors (Lipinski definition) is 5. The molecule has 0 radical (unpaired) electrons. The minimum absolute atomic E-state index is 0.211. The highest BCUT2D eigenvalue weighted by atomic mass is 19.1. The third kappa shape index (κ3) is 3.77. The van der Waals surface area contributed by atoms with Gasteiger partial charge in [0.1, 0.15) is 5.60 Å². The van der Waals surface area contributed by atoms with Crippen molar-refractivity contribution in [1.29, 1.82) is 0 Å². The summed E-state index contributed by atoms with van der Waals surface area (Å²) in [6.07, 6.45) is 1.63. The molecule has 1 heterocycles. The van der Waals surface area contributed by atoms with Crippen molar-refractivity contribution in [3.63, 3.8) is 0 Å². The second kappa shape index (κ2) is 6.95. The molecule has 0 spiro atoms. The minimum atomic E-state index is -0.447. The fourth-order valence-corrected chi connectivity index (χ4v) is 2.26. The molecule has 0 aliphatic carbocycles. The molecule has 1 aliphatic heterocycles. The molecule has 1 saturated heterocycles. The highest BCUT2D eigenvalue weighted by Gasteiger charge is 2.34. The average Bonchev–Trinajstić information content (AvgIpc) is 2.95. The van der Waals surface area contributed by atoms with Crippen LogP contribution in [0.25, 0.3) is 0 Å². The molecule has 6 heteroatoms. The Balaban J connectivity index is 2.08. The molecule has 0 aromatic heterocycles. The van der Waals surface area contributed by atoms with E-state index >= 15 is 0 Å². The third-order valence-electron chi connectivity index (χ3n) is 3.67. The number of anilines is 2. The Morgan fingerprint density at radius 3 is 2.90 bits per heavy atom. The quantitative estimate of drug-likeness (QED) is 0.757. The zero-order chi connectivity index (χ0) is 15.3. The van der Waals surface area contributed by atoms with Gasteiger partial charge in [0.2, 0.25) is 0 Å². The lowest BCUT2D eigenvalue weighted by Crippen LogP contribution is -2.39. The Morgan fingerprint density at radius 2 is 2.29 bits per heavy atom. The van der Waals surface area contributed by atoms with E-state index in [1.807, 2.05) is 6.92 Å². The predicted molar refractivity (Wildman–Crippen MR) is 80.3 cm³/mol. The van der Waals surface area contributed by atoms with E-state index in [-0.39, 0.29) is 11.4 Å². The van der Waals surface area contributed by atoms with Crippen molar-refractivity contribution in [2.75, 3.05) is 44.5 Å². The molecule has 1 atom stereocenters. The molecule has 21 heavy (non-hydrogen) atoms. The second-order valence-electron chi connectivity index (χ2n) is 5.26. The van der Waals surface area contributed by atoms with E-state index < -0.39 is 5.82 Å². The number of methoxy groups -OCH3 is 1. The minimum Gasteiger partial charge on any atom is -0.490 e. The van der Waals surface area contributed by atoms with Gasteiger partial charge in [-0.05, 0) is 6.42 Å². The van der Waals surface area contributed by atoms with Crippen LogP contribution < -0.4 is 15.8 Å². The van der Waals surface area contributed by atoms with E-state index in [2.05, 4.69) is 5.32 Å². The van der Waals surface area contributed by atoms with Crippen molar-refractivity contribution in [2.24, 2.45) is 0 Å². The summed E-state index contributed by atoms with van der Waals surface area (Å²) in [4.78, 5) is 0. The van der Waals surface area contributed by atoms with Crippen molar-refractivity contribution >= 4 is 11.4 Å². The summed E-state index contributed by atoms with van der Waals surface area (Å²) in [7, 11) is 1.67. The molecule has 1 aromatic carbocycles. The Labute approximate surface area is 124 Å². The summed E-state index contributed by atoms with van der Waals surface area (Å²) < 4.78 is 30.1. The lowest BCUT2D eigenvalue weighted by molar-refractivity contribution is -0.00619. The maximum absolute atomic E-state index is 13.8. The lowest BCUT2D eigenvalue weighted by atomic mass is 10.0. The fraction of sp³-hybridized carbons (Fsp3) is 0.600. The molecule has 1 aliphatic rings. The van der Waals surface area contributed by atoms with Crippen LogP contribution >= 0.6 is 0 Å². The van der Waals surface area contributed by atoms with E-state index in [0.29, 0.717) is 37.7 Å². The molecule has 3 N–H and O–H groups in total. The van der Waals surface area contributed by atoms with Gasteiger partial charge in [-0.1, -0.05) is 6.92 Å². The standard InChI is InChI=1S/C15H23FN2O3/c1-3-5-21-14-8-13(12(17)7-11(14)16)18-9-15(19-2)4-6-20-10-15/h7-8,18H,3-6,9-10,17H2,1-2H3. The van der Waals surface area contributed by atoms with Crippen LogP contribution in [0.15, 0.2) is 12.1 Å². The maximum atomic E-state index is 13.8. The molecule has 118 valence electrons. The second-order valence-corrected chi connectivity index (χ2v) is 5.26. The van der Waals surface area contributed by atoms with Gasteiger partial charge < -0.3 is 25.3 Å². The first-order valence-electron chi connectivity index (χ1n) is 7.19. The molecular formula is C15H23FN2O3. The summed E-state index contributed by atoms with van der Waals surface area (Å²) in [6.45, 7) is 4.20. The predicted octanol–water partition coefficient (Wildman–Crippen LogP) is 2.41. The molecule has 0 saturated carbocycles. The van der Waals surface area contributed by atoms with Crippen LogP contribution in [0.4, 0.5) is 15.8 Å². The number of rotatable bonds is 7. The van der Waals surface area contributed by atoms with Gasteiger partial charge in [0.25, 0.3) is 0 Å². The molecule has 1 aromatic rings. The maximum Gasteiger partial charge on any atom is 0.167 e. The summed E-state index contributed by atoms with van der Waals surface area (Å²) in [5.41, 5.74) is 6.50. The normalized spacial score (nSPS) is 21.5. The largest absolute Gasteiger partial charge is 0.490 e. The Morgan fingerprint density at radius 1 is 1.48 bits per heavy atom. The van der Waals surface area contributed by atoms with Gasteiger partial charge in [-0.25, -0.2) is 4.39 Å². The van der Waals surface area contributed by atoms with Crippen molar-refractivity contribution in [1.82, 2.24) is 0 Å². The summed E-state index contributed by atoms with van der Waals surface area (Å²) >= 11 is 0. The number of halogens is 1. The Hall–Kier alpha value is -1.53. The van der Waals surface area contributed by atoms with Crippen LogP contribution in [-0.4, -0.2) is 39.1 Å². The number of ether oxygens (including phenoxy) is 3. The van der Waals surface area contributed by atoms with Crippen molar-refractivity contribution in [2.45, 2.75) is 25.4 Å². The smallest absolute Gasteiger partial charge is 0.167 e. The summed E-state index contributed by atoms with van der Waals surface area (Å²) in [5.74, 6) is -0.236. The van der Waals surface area contributed by atoms with E-state index in [1.54, 1.807) is 13.2 Å². The Bertz CT molecular complexity index is 476. The molecule has 5 nitrogen and oxygen atoms in total. The van der Waals surface area contributed by atoms with Crippen LogP contribution in [0.2, 0.25) is 0 Å². The molecule has 0 amide bonds. The van der Waals surface area contributed by atoms with Gasteiger partial charge in [-0.3, -0.25) is 0 Å². The Kier molecular flexibility index (Phi) is 5.25. The number of nitrogens with two attached hydrogens (primary N) is 1. The highest BCUT2D eigenvalue weighted by molar-refractivity contribution is 5.68. The van der Waals surface area contributed by atoms with Gasteiger partial charge in [0.15, 0.2) is 11.6 Å². The van der Waals surface area contributed by atoms with E-state index in [9.17, 15) is 4.39 Å². The van der Waals surface area contributed by atoms with Gasteiger partial charge in [-0.15, -0.1) is 0 Å². The van der Waals surface area contributed by atoms with Gasteiger partial charge in [0.05, 0.1) is 24.6 Å². The van der Waals surface area contributed by atoms with Crippen LogP contribution in [0, 0.1) is 5.82 Å². The monoisotopic (exact) mass is 298 g/mol. The third-order valence-corrected chi connectivity index (χ3v) is 3.67. The van der Waals surface area contributed by atoms with Crippen molar-refractivity contribution in [3.05, 3.63) is 17.9 Å². The van der Waals surface area contributed by atoms with E-state index in [4.69, 9.17) is 19.9 Å². The van der Waals surface area contributed by atoms with Crippen molar-refractivity contribution < 1.29 is 18.6 Å². The average molecular weight is 298 g/mol. The first-order valence-corrected chi connectivity index (χ1v) is 7.19. The van der Waals surface area contributed by atoms with E-state index in [0.717, 1.165) is 12.8 Å². The van der Waals surface area contributed by atoms with Crippen LogP contribution in [0.1, 0.15) is 19.8 Å². The molecular weight excluding hydrogens is 275 g/mol. The van der Waals surface area contributed by atoms with Crippen molar-refractivity contribution in [3.8, 4) is 5.75 Å². The molecule has 1 unspecified atom stereocenters. The van der Waals surface area contributed by atoms with Crippen LogP contribution in [0.3, 0.4) is 0 Å². The van der Waals surface area contributed by atoms with Crippen LogP contribution in [0.5, 0.6) is 5.75 Å². The highest BCUT2D eigenvalue weighted by Crippen LogP contribution is 2.30. The number of nitrogens with one attached hydrogen (secondary N) is 1. The van der Waals surface area contributed by atoms with Gasteiger partial charge in [0, 0.05) is 38.8 Å². The summed E-state index contributed by atoms with van der Waals surface area (Å²) in [5, 5.41) is 3.21. The first-order chi connectivity index (χ1) is 10.1. The van der Waals surface area contributed by atoms with Crippen LogP contribution in [-0.2, 0) is 9.47 Å². The fourth-order valence-electron chi connectivity index (χ4n) is 2.26. The number of benzene rings is 1. The topological polar surface area (TPSA) is 65.7 Å². The molecule has 0 bridgehead atoms. The number of hydrogen-bond donors (Lipinski definition) is 2. The zero-order valence-corrected chi connectivity index (χ0v) is 12.6. The molecule has 1 fully saturated rings. The first kappa shape index (κ1) is 15.9.